The van der Waals surface area contributed by atoms with Gasteiger partial charge < -0.3 is 15.4 Å². The average Bonchev–Trinajstić information content (AvgIpc) is 3.03. The van der Waals surface area contributed by atoms with Crippen LogP contribution in [0.3, 0.4) is 0 Å². The molecule has 3 amide bonds. The summed E-state index contributed by atoms with van der Waals surface area (Å²) in [6.45, 7) is 0. The van der Waals surface area contributed by atoms with Gasteiger partial charge in [0.05, 0.1) is 12.8 Å². The number of anilines is 2. The smallest absolute Gasteiger partial charge is 0.283 e. The van der Waals surface area contributed by atoms with Gasteiger partial charge in [0, 0.05) is 17.3 Å². The van der Waals surface area contributed by atoms with Crippen LogP contribution in [0.1, 0.15) is 42.5 Å². The lowest BCUT2D eigenvalue weighted by Crippen LogP contribution is -2.36. The predicted molar refractivity (Wildman–Crippen MR) is 123 cm³/mol. The highest BCUT2D eigenvalue weighted by Gasteiger charge is 2.40. The van der Waals surface area contributed by atoms with Crippen LogP contribution in [-0.2, 0) is 9.59 Å². The van der Waals surface area contributed by atoms with E-state index in [-0.39, 0.29) is 22.7 Å². The lowest BCUT2D eigenvalue weighted by atomic mass is 9.95. The average molecular weight is 454 g/mol. The summed E-state index contributed by atoms with van der Waals surface area (Å²) in [5.41, 5.74) is 1.21. The van der Waals surface area contributed by atoms with E-state index in [0.717, 1.165) is 30.6 Å². The van der Waals surface area contributed by atoms with Crippen LogP contribution < -0.4 is 20.3 Å². The first-order chi connectivity index (χ1) is 15.5. The predicted octanol–water partition coefficient (Wildman–Crippen LogP) is 4.19. The number of methoxy groups -OCH3 is 1. The normalized spacial score (nSPS) is 17.0. The summed E-state index contributed by atoms with van der Waals surface area (Å²) in [7, 11) is 1.46. The monoisotopic (exact) mass is 453 g/mol. The Morgan fingerprint density at radius 1 is 1.03 bits per heavy atom. The van der Waals surface area contributed by atoms with Crippen molar-refractivity contribution in [3.63, 3.8) is 0 Å². The Kier molecular flexibility index (Phi) is 6.46. The van der Waals surface area contributed by atoms with Crippen LogP contribution in [0.4, 0.5) is 11.4 Å². The molecule has 0 unspecified atom stereocenters. The molecule has 1 saturated carbocycles. The Morgan fingerprint density at radius 2 is 1.78 bits per heavy atom. The summed E-state index contributed by atoms with van der Waals surface area (Å²) < 4.78 is 5.27. The number of nitrogens with one attached hydrogen (secondary N) is 2. The minimum absolute atomic E-state index is 0.0487. The topological polar surface area (TPSA) is 87.7 Å². The number of benzene rings is 2. The molecule has 1 heterocycles. The maximum Gasteiger partial charge on any atom is 0.283 e. The van der Waals surface area contributed by atoms with E-state index in [4.69, 9.17) is 16.3 Å². The molecule has 166 valence electrons. The van der Waals surface area contributed by atoms with Gasteiger partial charge in [0.15, 0.2) is 0 Å². The Labute approximate surface area is 191 Å². The SMILES string of the molecule is COc1ccccc1N1C(=O)C(Cl)=C(Nc2cccc(C(=O)NC3CCCCC3)c2)C1=O. The third kappa shape index (κ3) is 4.34. The van der Waals surface area contributed by atoms with Crippen molar-refractivity contribution in [1.82, 2.24) is 5.32 Å². The zero-order valence-corrected chi connectivity index (χ0v) is 18.4. The molecule has 7 nitrogen and oxygen atoms in total. The van der Waals surface area contributed by atoms with Crippen molar-refractivity contribution in [2.24, 2.45) is 0 Å². The molecule has 2 N–H and O–H groups in total. The number of hydrogen-bond donors (Lipinski definition) is 2. The maximum absolute atomic E-state index is 13.0. The van der Waals surface area contributed by atoms with Gasteiger partial charge in [0.2, 0.25) is 0 Å². The molecule has 1 aliphatic carbocycles. The van der Waals surface area contributed by atoms with E-state index < -0.39 is 11.8 Å². The van der Waals surface area contributed by atoms with Crippen molar-refractivity contribution in [2.75, 3.05) is 17.3 Å². The molecular formula is C24H24ClN3O4. The van der Waals surface area contributed by atoms with E-state index >= 15 is 0 Å². The van der Waals surface area contributed by atoms with E-state index in [1.165, 1.54) is 13.5 Å². The number of halogens is 1. The lowest BCUT2D eigenvalue weighted by molar-refractivity contribution is -0.120. The molecule has 4 rings (SSSR count). The van der Waals surface area contributed by atoms with Gasteiger partial charge in [-0.05, 0) is 43.2 Å². The number of imide groups is 1. The summed E-state index contributed by atoms with van der Waals surface area (Å²) >= 11 is 6.23. The fourth-order valence-corrected chi connectivity index (χ4v) is 4.26. The summed E-state index contributed by atoms with van der Waals surface area (Å²) in [4.78, 5) is 39.4. The van der Waals surface area contributed by atoms with Crippen molar-refractivity contribution in [3.05, 3.63) is 64.8 Å². The first-order valence-corrected chi connectivity index (χ1v) is 11.0. The van der Waals surface area contributed by atoms with Crippen LogP contribution in [0.2, 0.25) is 0 Å². The molecule has 0 spiro atoms. The fraction of sp³-hybridized carbons (Fsp3) is 0.292. The maximum atomic E-state index is 13.0. The molecule has 0 atom stereocenters. The van der Waals surface area contributed by atoms with Crippen molar-refractivity contribution < 1.29 is 19.1 Å². The molecule has 1 fully saturated rings. The van der Waals surface area contributed by atoms with Crippen LogP contribution in [0.5, 0.6) is 5.75 Å². The van der Waals surface area contributed by atoms with Crippen LogP contribution in [-0.4, -0.2) is 30.9 Å². The summed E-state index contributed by atoms with van der Waals surface area (Å²) in [5, 5.41) is 5.77. The van der Waals surface area contributed by atoms with E-state index in [9.17, 15) is 14.4 Å². The van der Waals surface area contributed by atoms with Crippen LogP contribution in [0, 0.1) is 0 Å². The first kappa shape index (κ1) is 21.9. The van der Waals surface area contributed by atoms with Crippen LogP contribution in [0.25, 0.3) is 0 Å². The molecule has 0 radical (unpaired) electrons. The van der Waals surface area contributed by atoms with Gasteiger partial charge in [-0.25, -0.2) is 4.90 Å². The summed E-state index contributed by atoms with van der Waals surface area (Å²) in [6, 6.07) is 13.7. The number of para-hydroxylation sites is 2. The Balaban J connectivity index is 1.52. The quantitative estimate of drug-likeness (QED) is 0.640. The zero-order chi connectivity index (χ0) is 22.7. The molecule has 2 aromatic carbocycles. The lowest BCUT2D eigenvalue weighted by Gasteiger charge is -2.22. The molecule has 2 aliphatic rings. The Morgan fingerprint density at radius 3 is 2.53 bits per heavy atom. The molecule has 8 heteroatoms. The van der Waals surface area contributed by atoms with Crippen LogP contribution in [0.15, 0.2) is 59.3 Å². The minimum atomic E-state index is -0.644. The standard InChI is InChI=1S/C24H24ClN3O4/c1-32-19-13-6-5-12-18(19)28-23(30)20(25)21(24(28)31)26-17-11-7-8-15(14-17)22(29)27-16-9-3-2-4-10-16/h5-8,11-14,16,26H,2-4,9-10H2,1H3,(H,27,29). The number of rotatable bonds is 6. The highest BCUT2D eigenvalue weighted by Crippen LogP contribution is 2.35. The summed E-state index contributed by atoms with van der Waals surface area (Å²) in [6.07, 6.45) is 5.43. The van der Waals surface area contributed by atoms with Gasteiger partial charge >= 0.3 is 0 Å². The number of carbonyl (C=O) groups is 3. The largest absolute Gasteiger partial charge is 0.495 e. The molecule has 32 heavy (non-hydrogen) atoms. The van der Waals surface area contributed by atoms with E-state index in [1.54, 1.807) is 48.5 Å². The molecule has 1 aliphatic heterocycles. The zero-order valence-electron chi connectivity index (χ0n) is 17.7. The number of amides is 3. The third-order valence-electron chi connectivity index (χ3n) is 5.69. The van der Waals surface area contributed by atoms with Gasteiger partial charge in [0.1, 0.15) is 16.5 Å². The molecule has 0 aromatic heterocycles. The third-order valence-corrected chi connectivity index (χ3v) is 6.04. The van der Waals surface area contributed by atoms with Crippen molar-refractivity contribution in [3.8, 4) is 5.75 Å². The highest BCUT2D eigenvalue weighted by molar-refractivity contribution is 6.53. The second kappa shape index (κ2) is 9.44. The number of nitrogens with zero attached hydrogens (tertiary/aromatic N) is 1. The summed E-state index contributed by atoms with van der Waals surface area (Å²) in [5.74, 6) is -1.03. The Hall–Kier alpha value is -3.32. The van der Waals surface area contributed by atoms with E-state index in [0.29, 0.717) is 22.7 Å². The molecule has 0 saturated heterocycles. The van der Waals surface area contributed by atoms with E-state index in [1.807, 2.05) is 0 Å². The highest BCUT2D eigenvalue weighted by atomic mass is 35.5. The van der Waals surface area contributed by atoms with Gasteiger partial charge in [0.25, 0.3) is 17.7 Å². The number of carbonyl (C=O) groups excluding carboxylic acids is 3. The van der Waals surface area contributed by atoms with Crippen LogP contribution >= 0.6 is 11.6 Å². The second-order valence-corrected chi connectivity index (χ2v) is 8.20. The molecule has 2 aromatic rings. The second-order valence-electron chi connectivity index (χ2n) is 7.82. The van der Waals surface area contributed by atoms with Gasteiger partial charge in [-0.3, -0.25) is 14.4 Å². The van der Waals surface area contributed by atoms with Gasteiger partial charge in [-0.1, -0.05) is 49.1 Å². The number of ether oxygens (including phenoxy) is 1. The fourth-order valence-electron chi connectivity index (χ4n) is 4.04. The minimum Gasteiger partial charge on any atom is -0.495 e. The molecule has 0 bridgehead atoms. The van der Waals surface area contributed by atoms with Gasteiger partial charge in [-0.15, -0.1) is 0 Å². The molecular weight excluding hydrogens is 430 g/mol. The van der Waals surface area contributed by atoms with Gasteiger partial charge in [-0.2, -0.15) is 0 Å². The van der Waals surface area contributed by atoms with Crippen molar-refractivity contribution >= 4 is 40.7 Å². The Bertz CT molecular complexity index is 1090. The first-order valence-electron chi connectivity index (χ1n) is 10.6. The van der Waals surface area contributed by atoms with Crippen molar-refractivity contribution in [2.45, 2.75) is 38.1 Å². The number of hydrogen-bond acceptors (Lipinski definition) is 5. The van der Waals surface area contributed by atoms with Crippen molar-refractivity contribution in [1.29, 1.82) is 0 Å². The van der Waals surface area contributed by atoms with E-state index in [2.05, 4.69) is 10.6 Å².